The highest BCUT2D eigenvalue weighted by molar-refractivity contribution is 8.00. The van der Waals surface area contributed by atoms with E-state index in [0.29, 0.717) is 0 Å². The van der Waals surface area contributed by atoms with Crippen molar-refractivity contribution in [2.75, 3.05) is 17.5 Å². The zero-order valence-electron chi connectivity index (χ0n) is 23.8. The third-order valence-electron chi connectivity index (χ3n) is 7.80. The van der Waals surface area contributed by atoms with Crippen LogP contribution in [-0.2, 0) is 17.6 Å². The Bertz CT molecular complexity index is 1510. The molecular weight excluding hydrogens is 498 g/mol. The van der Waals surface area contributed by atoms with Gasteiger partial charge in [-0.2, -0.15) is 0 Å². The predicted octanol–water partition coefficient (Wildman–Crippen LogP) is 9.48. The van der Waals surface area contributed by atoms with Crippen LogP contribution in [0.4, 0.5) is 5.69 Å². The van der Waals surface area contributed by atoms with Gasteiger partial charge >= 0.3 is 0 Å². The van der Waals surface area contributed by atoms with Crippen LogP contribution in [0.25, 0.3) is 21.9 Å². The molecule has 4 heteroatoms. The van der Waals surface area contributed by atoms with Crippen molar-refractivity contribution in [1.29, 1.82) is 0 Å². The summed E-state index contributed by atoms with van der Waals surface area (Å²) in [6, 6.07) is 24.5. The van der Waals surface area contributed by atoms with Crippen molar-refractivity contribution in [3.05, 3.63) is 89.0 Å². The van der Waals surface area contributed by atoms with Crippen LogP contribution in [-0.4, -0.2) is 18.8 Å². The molecule has 0 N–H and O–H groups in total. The number of aryl methyl sites for hydroxylation is 2. The van der Waals surface area contributed by atoms with E-state index in [9.17, 15) is 0 Å². The number of ether oxygens (including phenoxy) is 2. The lowest BCUT2D eigenvalue weighted by Crippen LogP contribution is -2.27. The summed E-state index contributed by atoms with van der Waals surface area (Å²) < 4.78 is 15.1. The van der Waals surface area contributed by atoms with Gasteiger partial charge in [-0.15, -0.1) is 0 Å². The quantitative estimate of drug-likeness (QED) is 0.236. The van der Waals surface area contributed by atoms with Gasteiger partial charge < -0.3 is 13.8 Å². The van der Waals surface area contributed by atoms with Crippen molar-refractivity contribution in [2.24, 2.45) is 0 Å². The molecule has 0 saturated carbocycles. The zero-order chi connectivity index (χ0) is 27.1. The summed E-state index contributed by atoms with van der Waals surface area (Å²) in [7, 11) is 0. The summed E-state index contributed by atoms with van der Waals surface area (Å²) >= 11 is 1.88. The highest BCUT2D eigenvalue weighted by atomic mass is 32.2. The molecule has 0 aliphatic carbocycles. The Balaban J connectivity index is 1.48. The van der Waals surface area contributed by atoms with Gasteiger partial charge in [-0.25, -0.2) is 0 Å². The van der Waals surface area contributed by atoms with E-state index in [1.165, 1.54) is 54.7 Å². The van der Waals surface area contributed by atoms with Crippen molar-refractivity contribution in [1.82, 2.24) is 0 Å². The minimum Gasteiger partial charge on any atom is -0.493 e. The number of benzene rings is 4. The summed E-state index contributed by atoms with van der Waals surface area (Å²) in [5.41, 5.74) is 9.10. The molecule has 0 bridgehead atoms. The Morgan fingerprint density at radius 3 is 2.62 bits per heavy atom. The molecule has 2 aliphatic heterocycles. The third kappa shape index (κ3) is 5.29. The van der Waals surface area contributed by atoms with E-state index in [1.807, 2.05) is 11.9 Å². The molecule has 4 aromatic rings. The average molecular weight is 538 g/mol. The Kier molecular flexibility index (Phi) is 7.11. The maximum atomic E-state index is 6.68. The van der Waals surface area contributed by atoms with E-state index >= 15 is 0 Å². The maximum Gasteiger partial charge on any atom is 0.122 e. The Hall–Kier alpha value is -2.95. The minimum atomic E-state index is -0.233. The molecule has 3 nitrogen and oxygen atoms in total. The molecule has 0 spiro atoms. The first-order chi connectivity index (χ1) is 18.8. The molecule has 0 aromatic heterocycles. The van der Waals surface area contributed by atoms with Crippen molar-refractivity contribution in [3.8, 4) is 16.9 Å². The zero-order valence-corrected chi connectivity index (χ0v) is 24.7. The van der Waals surface area contributed by atoms with Crippen LogP contribution in [0.15, 0.2) is 71.6 Å². The predicted molar refractivity (Wildman–Crippen MR) is 165 cm³/mol. The molecule has 0 amide bonds. The lowest BCUT2D eigenvalue weighted by Gasteiger charge is -2.36. The van der Waals surface area contributed by atoms with Gasteiger partial charge in [-0.05, 0) is 141 Å². The molecule has 39 heavy (non-hydrogen) atoms. The largest absolute Gasteiger partial charge is 0.493 e. The lowest BCUT2D eigenvalue weighted by molar-refractivity contribution is -0.0530. The van der Waals surface area contributed by atoms with Crippen molar-refractivity contribution in [3.63, 3.8) is 0 Å². The molecule has 202 valence electrons. The summed E-state index contributed by atoms with van der Waals surface area (Å²) in [5, 5.41) is 2.60. The maximum absolute atomic E-state index is 6.68. The Morgan fingerprint density at radius 2 is 1.77 bits per heavy atom. The molecule has 2 heterocycles. The molecule has 0 fully saturated rings. The van der Waals surface area contributed by atoms with Gasteiger partial charge in [0.1, 0.15) is 5.75 Å². The van der Waals surface area contributed by atoms with E-state index in [-0.39, 0.29) is 11.7 Å². The number of hydrogen-bond donors (Lipinski definition) is 0. The standard InChI is InChI=1S/C35H39NO2S/c1-23-21-30-29(15-9-19-36(30)39-32-16-8-12-25-11-6-7-14-28(25)32)34(24(2)38-35(3,4)5)33(23)27-17-18-31-26(22-27)13-10-20-37-31/h6-8,11-12,14,16-18,21-22,24H,9-10,13,15,19-20H2,1-5H3. The van der Waals surface area contributed by atoms with E-state index in [2.05, 4.69) is 106 Å². The Labute approximate surface area is 237 Å². The summed E-state index contributed by atoms with van der Waals surface area (Å²) in [6.45, 7) is 12.8. The second-order valence-corrected chi connectivity index (χ2v) is 13.0. The van der Waals surface area contributed by atoms with Crippen LogP contribution in [0.2, 0.25) is 0 Å². The first-order valence-electron chi connectivity index (χ1n) is 14.3. The number of fused-ring (bicyclic) bond motifs is 3. The number of rotatable bonds is 5. The van der Waals surface area contributed by atoms with E-state index in [1.54, 1.807) is 0 Å². The van der Waals surface area contributed by atoms with Crippen LogP contribution >= 0.6 is 11.9 Å². The summed E-state index contributed by atoms with van der Waals surface area (Å²) in [6.07, 6.45) is 4.32. The lowest BCUT2D eigenvalue weighted by atomic mass is 9.84. The molecule has 0 radical (unpaired) electrons. The van der Waals surface area contributed by atoms with Crippen LogP contribution < -0.4 is 9.04 Å². The highest BCUT2D eigenvalue weighted by Gasteiger charge is 2.30. The van der Waals surface area contributed by atoms with Gasteiger partial charge in [-0.1, -0.05) is 42.5 Å². The molecule has 1 atom stereocenters. The molecule has 1 unspecified atom stereocenters. The molecular formula is C35H39NO2S. The highest BCUT2D eigenvalue weighted by Crippen LogP contribution is 2.47. The van der Waals surface area contributed by atoms with Crippen LogP contribution in [0.3, 0.4) is 0 Å². The van der Waals surface area contributed by atoms with Gasteiger partial charge in [-0.3, -0.25) is 0 Å². The van der Waals surface area contributed by atoms with Gasteiger partial charge in [0.15, 0.2) is 0 Å². The van der Waals surface area contributed by atoms with Crippen LogP contribution in [0.1, 0.15) is 68.9 Å². The molecule has 0 saturated heterocycles. The average Bonchev–Trinajstić information content (AvgIpc) is 2.91. The molecule has 4 aromatic carbocycles. The smallest absolute Gasteiger partial charge is 0.122 e. The van der Waals surface area contributed by atoms with Crippen LogP contribution in [0, 0.1) is 6.92 Å². The second kappa shape index (κ2) is 10.6. The van der Waals surface area contributed by atoms with Crippen LogP contribution in [0.5, 0.6) is 5.75 Å². The fraction of sp³-hybridized carbons (Fsp3) is 0.371. The third-order valence-corrected chi connectivity index (χ3v) is 8.95. The van der Waals surface area contributed by atoms with E-state index < -0.39 is 0 Å². The van der Waals surface area contributed by atoms with Gasteiger partial charge in [0, 0.05) is 11.4 Å². The van der Waals surface area contributed by atoms with Gasteiger partial charge in [0.2, 0.25) is 0 Å². The normalized spacial score (nSPS) is 16.0. The summed E-state index contributed by atoms with van der Waals surface area (Å²) in [5.74, 6) is 1.04. The number of anilines is 1. The van der Waals surface area contributed by atoms with E-state index in [0.717, 1.165) is 44.6 Å². The molecule has 2 aliphatic rings. The topological polar surface area (TPSA) is 21.7 Å². The number of nitrogens with zero attached hydrogens (tertiary/aromatic N) is 1. The monoisotopic (exact) mass is 537 g/mol. The van der Waals surface area contributed by atoms with Crippen molar-refractivity contribution < 1.29 is 9.47 Å². The fourth-order valence-corrected chi connectivity index (χ4v) is 7.44. The number of hydrogen-bond acceptors (Lipinski definition) is 4. The summed E-state index contributed by atoms with van der Waals surface area (Å²) in [4.78, 5) is 1.30. The first kappa shape index (κ1) is 26.3. The minimum absolute atomic E-state index is 0.0246. The van der Waals surface area contributed by atoms with Crippen molar-refractivity contribution >= 4 is 28.4 Å². The van der Waals surface area contributed by atoms with E-state index in [4.69, 9.17) is 9.47 Å². The van der Waals surface area contributed by atoms with Crippen molar-refractivity contribution in [2.45, 2.75) is 76.9 Å². The fourth-order valence-electron chi connectivity index (χ4n) is 6.30. The first-order valence-corrected chi connectivity index (χ1v) is 15.1. The Morgan fingerprint density at radius 1 is 0.949 bits per heavy atom. The van der Waals surface area contributed by atoms with Gasteiger partial charge in [0.05, 0.1) is 24.0 Å². The SMILES string of the molecule is Cc1cc2c(c(C(C)OC(C)(C)C)c1-c1ccc3c(c1)CCCO3)CCCN2Sc1cccc2ccccc12. The van der Waals surface area contributed by atoms with Gasteiger partial charge in [0.25, 0.3) is 0 Å². The molecule has 6 rings (SSSR count). The second-order valence-electron chi connectivity index (χ2n) is 11.9.